The fraction of sp³-hybridized carbons (Fsp3) is 0.462. The molecule has 0 unspecified atom stereocenters. The van der Waals surface area contributed by atoms with Crippen molar-refractivity contribution in [2.45, 2.75) is 40.4 Å². The van der Waals surface area contributed by atoms with Crippen molar-refractivity contribution in [1.82, 2.24) is 24.9 Å². The van der Waals surface area contributed by atoms with Gasteiger partial charge in [0.25, 0.3) is 0 Å². The molecule has 6 nitrogen and oxygen atoms in total. The molecule has 0 aliphatic rings. The average Bonchev–Trinajstić information content (AvgIpc) is 2.94. The van der Waals surface area contributed by atoms with Crippen LogP contribution in [-0.2, 0) is 24.4 Å². The molecule has 0 fully saturated rings. The van der Waals surface area contributed by atoms with Crippen LogP contribution in [0.5, 0.6) is 0 Å². The van der Waals surface area contributed by atoms with Crippen LogP contribution in [0, 0.1) is 13.8 Å². The summed E-state index contributed by atoms with van der Waals surface area (Å²) < 4.78 is 3.54. The fourth-order valence-corrected chi connectivity index (χ4v) is 1.90. The molecule has 0 radical (unpaired) electrons. The van der Waals surface area contributed by atoms with E-state index in [9.17, 15) is 4.79 Å². The maximum atomic E-state index is 11.8. The van der Waals surface area contributed by atoms with E-state index in [0.717, 1.165) is 23.5 Å². The summed E-state index contributed by atoms with van der Waals surface area (Å²) in [4.78, 5) is 11.8. The van der Waals surface area contributed by atoms with Crippen LogP contribution in [0.1, 0.15) is 23.9 Å². The van der Waals surface area contributed by atoms with E-state index >= 15 is 0 Å². The third-order valence-electron chi connectivity index (χ3n) is 2.90. The van der Waals surface area contributed by atoms with Crippen LogP contribution in [0.2, 0.25) is 0 Å². The number of hydrogen-bond donors (Lipinski definition) is 1. The topological polar surface area (TPSA) is 64.7 Å². The molecule has 0 saturated carbocycles. The van der Waals surface area contributed by atoms with Gasteiger partial charge in [0, 0.05) is 30.5 Å². The third kappa shape index (κ3) is 3.43. The van der Waals surface area contributed by atoms with E-state index in [1.165, 1.54) is 0 Å². The zero-order valence-corrected chi connectivity index (χ0v) is 11.6. The molecule has 0 aromatic carbocycles. The normalized spacial score (nSPS) is 10.7. The van der Waals surface area contributed by atoms with Crippen LogP contribution in [0.3, 0.4) is 0 Å². The minimum Gasteiger partial charge on any atom is -0.350 e. The van der Waals surface area contributed by atoms with Gasteiger partial charge in [0.2, 0.25) is 5.91 Å². The maximum Gasteiger partial charge on any atom is 0.242 e. The van der Waals surface area contributed by atoms with Crippen molar-refractivity contribution in [3.05, 3.63) is 35.4 Å². The highest BCUT2D eigenvalue weighted by atomic mass is 16.2. The lowest BCUT2D eigenvalue weighted by molar-refractivity contribution is -0.122. The molecular formula is C13H19N5O. The molecule has 102 valence electrons. The summed E-state index contributed by atoms with van der Waals surface area (Å²) in [5, 5.41) is 11.3. The van der Waals surface area contributed by atoms with Crippen LogP contribution in [0.4, 0.5) is 0 Å². The number of carbonyl (C=O) groups excluding carboxylic acids is 1. The first kappa shape index (κ1) is 13.3. The number of rotatable bonds is 5. The minimum atomic E-state index is -0.0459. The second-order valence-corrected chi connectivity index (χ2v) is 4.57. The Morgan fingerprint density at radius 1 is 1.42 bits per heavy atom. The van der Waals surface area contributed by atoms with Crippen LogP contribution in [0.25, 0.3) is 0 Å². The van der Waals surface area contributed by atoms with E-state index in [1.54, 1.807) is 10.9 Å². The van der Waals surface area contributed by atoms with E-state index < -0.39 is 0 Å². The SMILES string of the molecule is CCn1cc(CNC(=O)Cn2nc(C)cc2C)cn1. The average molecular weight is 261 g/mol. The second kappa shape index (κ2) is 5.69. The molecule has 2 heterocycles. The molecule has 0 atom stereocenters. The van der Waals surface area contributed by atoms with Gasteiger partial charge in [-0.25, -0.2) is 0 Å². The van der Waals surface area contributed by atoms with Gasteiger partial charge in [-0.3, -0.25) is 14.2 Å². The van der Waals surface area contributed by atoms with E-state index in [4.69, 9.17) is 0 Å². The van der Waals surface area contributed by atoms with E-state index in [1.807, 2.05) is 37.7 Å². The van der Waals surface area contributed by atoms with Crippen molar-refractivity contribution in [3.63, 3.8) is 0 Å². The molecule has 19 heavy (non-hydrogen) atoms. The Bertz CT molecular complexity index is 569. The summed E-state index contributed by atoms with van der Waals surface area (Å²) in [5.41, 5.74) is 2.92. The van der Waals surface area contributed by atoms with Crippen LogP contribution < -0.4 is 5.32 Å². The summed E-state index contributed by atoms with van der Waals surface area (Å²) in [6.07, 6.45) is 3.71. The third-order valence-corrected chi connectivity index (χ3v) is 2.90. The number of nitrogens with one attached hydrogen (secondary N) is 1. The number of carbonyl (C=O) groups is 1. The molecule has 1 amide bonds. The highest BCUT2D eigenvalue weighted by molar-refractivity contribution is 5.75. The lowest BCUT2D eigenvalue weighted by Gasteiger charge is -2.05. The summed E-state index contributed by atoms with van der Waals surface area (Å²) in [5.74, 6) is -0.0459. The van der Waals surface area contributed by atoms with Gasteiger partial charge in [0.15, 0.2) is 0 Å². The summed E-state index contributed by atoms with van der Waals surface area (Å²) >= 11 is 0. The van der Waals surface area contributed by atoms with Crippen LogP contribution in [0.15, 0.2) is 18.5 Å². The van der Waals surface area contributed by atoms with Crippen molar-refractivity contribution in [2.75, 3.05) is 0 Å². The number of amides is 1. The van der Waals surface area contributed by atoms with E-state index in [0.29, 0.717) is 6.54 Å². The minimum absolute atomic E-state index is 0.0459. The van der Waals surface area contributed by atoms with Crippen molar-refractivity contribution in [1.29, 1.82) is 0 Å². The van der Waals surface area contributed by atoms with Gasteiger partial charge in [0.1, 0.15) is 6.54 Å². The van der Waals surface area contributed by atoms with Crippen LogP contribution >= 0.6 is 0 Å². The quantitative estimate of drug-likeness (QED) is 0.874. The molecule has 1 N–H and O–H groups in total. The molecule has 6 heteroatoms. The van der Waals surface area contributed by atoms with Crippen molar-refractivity contribution >= 4 is 5.91 Å². The first-order valence-corrected chi connectivity index (χ1v) is 6.37. The van der Waals surface area contributed by atoms with Crippen molar-refractivity contribution in [2.24, 2.45) is 0 Å². The number of hydrogen-bond acceptors (Lipinski definition) is 3. The van der Waals surface area contributed by atoms with Crippen LogP contribution in [-0.4, -0.2) is 25.5 Å². The molecule has 0 spiro atoms. The molecule has 2 rings (SSSR count). The first-order chi connectivity index (χ1) is 9.08. The van der Waals surface area contributed by atoms with E-state index in [2.05, 4.69) is 15.5 Å². The Labute approximate surface area is 112 Å². The number of nitrogens with zero attached hydrogens (tertiary/aromatic N) is 4. The molecule has 0 bridgehead atoms. The standard InChI is InChI=1S/C13H19N5O/c1-4-17-8-12(7-15-17)6-14-13(19)9-18-11(3)5-10(2)16-18/h5,7-8H,4,6,9H2,1-3H3,(H,14,19). The lowest BCUT2D eigenvalue weighted by atomic mass is 10.3. The maximum absolute atomic E-state index is 11.8. The lowest BCUT2D eigenvalue weighted by Crippen LogP contribution is -2.27. The zero-order chi connectivity index (χ0) is 13.8. The smallest absolute Gasteiger partial charge is 0.242 e. The Morgan fingerprint density at radius 2 is 2.21 bits per heavy atom. The fourth-order valence-electron chi connectivity index (χ4n) is 1.90. The zero-order valence-electron chi connectivity index (χ0n) is 11.6. The molecular weight excluding hydrogens is 242 g/mol. The predicted molar refractivity (Wildman–Crippen MR) is 71.4 cm³/mol. The summed E-state index contributed by atoms with van der Waals surface area (Å²) in [7, 11) is 0. The van der Waals surface area contributed by atoms with Gasteiger partial charge >= 0.3 is 0 Å². The van der Waals surface area contributed by atoms with Gasteiger partial charge in [-0.05, 0) is 26.8 Å². The van der Waals surface area contributed by atoms with Gasteiger partial charge in [-0.1, -0.05) is 0 Å². The molecule has 0 aliphatic heterocycles. The number of aryl methyl sites for hydroxylation is 3. The molecule has 2 aromatic rings. The van der Waals surface area contributed by atoms with Gasteiger partial charge in [-0.2, -0.15) is 10.2 Å². The van der Waals surface area contributed by atoms with Crippen molar-refractivity contribution < 1.29 is 4.79 Å². The molecule has 0 saturated heterocycles. The highest BCUT2D eigenvalue weighted by Crippen LogP contribution is 2.01. The van der Waals surface area contributed by atoms with Gasteiger partial charge < -0.3 is 5.32 Å². The highest BCUT2D eigenvalue weighted by Gasteiger charge is 2.07. The first-order valence-electron chi connectivity index (χ1n) is 6.37. The Kier molecular flexibility index (Phi) is 3.99. The second-order valence-electron chi connectivity index (χ2n) is 4.57. The van der Waals surface area contributed by atoms with Gasteiger partial charge in [-0.15, -0.1) is 0 Å². The molecule has 2 aromatic heterocycles. The Hall–Kier alpha value is -2.11. The van der Waals surface area contributed by atoms with E-state index in [-0.39, 0.29) is 12.5 Å². The monoisotopic (exact) mass is 261 g/mol. The summed E-state index contributed by atoms with van der Waals surface area (Å²) in [6, 6.07) is 1.96. The largest absolute Gasteiger partial charge is 0.350 e. The Balaban J connectivity index is 1.86. The number of aromatic nitrogens is 4. The van der Waals surface area contributed by atoms with Crippen molar-refractivity contribution in [3.8, 4) is 0 Å². The van der Waals surface area contributed by atoms with Gasteiger partial charge in [0.05, 0.1) is 11.9 Å². The predicted octanol–water partition coefficient (Wildman–Crippen LogP) is 1.03. The summed E-state index contributed by atoms with van der Waals surface area (Å²) in [6.45, 7) is 7.47. The Morgan fingerprint density at radius 3 is 2.79 bits per heavy atom. The molecule has 0 aliphatic carbocycles.